The van der Waals surface area contributed by atoms with Crippen LogP contribution < -0.4 is 0 Å². The Hall–Kier alpha value is -2.54. The summed E-state index contributed by atoms with van der Waals surface area (Å²) >= 11 is 0. The van der Waals surface area contributed by atoms with E-state index in [1.165, 1.54) is 22.1 Å². The first-order valence-corrected chi connectivity index (χ1v) is 8.78. The van der Waals surface area contributed by atoms with Crippen LogP contribution >= 0.6 is 0 Å². The number of aromatic nitrogens is 1. The molecule has 0 saturated heterocycles. The predicted octanol–water partition coefficient (Wildman–Crippen LogP) is 6.63. The first-order valence-electron chi connectivity index (χ1n) is 8.78. The Morgan fingerprint density at radius 3 is 2.41 bits per heavy atom. The van der Waals surface area contributed by atoms with Gasteiger partial charge in [0.1, 0.15) is 0 Å². The minimum atomic E-state index is 0. The fourth-order valence-corrected chi connectivity index (χ4v) is 3.50. The molecule has 1 aromatic heterocycles. The molecule has 0 aliphatic rings. The van der Waals surface area contributed by atoms with Gasteiger partial charge in [0, 0.05) is 26.3 Å². The van der Waals surface area contributed by atoms with Gasteiger partial charge in [-0.25, -0.2) is 0 Å². The molecule has 0 atom stereocenters. The number of rotatable bonds is 3. The topological polar surface area (TPSA) is 12.9 Å². The average molecular weight is 527 g/mol. The van der Waals surface area contributed by atoms with E-state index in [-0.39, 0.29) is 20.1 Å². The van der Waals surface area contributed by atoms with E-state index in [4.69, 9.17) is 4.98 Å². The Morgan fingerprint density at radius 1 is 0.889 bits per heavy atom. The smallest absolute Gasteiger partial charge is 0.0167 e. The molecule has 4 aromatic rings. The van der Waals surface area contributed by atoms with E-state index in [1.807, 2.05) is 18.3 Å². The van der Waals surface area contributed by atoms with Crippen molar-refractivity contribution in [1.29, 1.82) is 0 Å². The molecule has 4 rings (SSSR count). The number of aryl methyl sites for hydroxylation is 2. The molecule has 0 aliphatic heterocycles. The third-order valence-electron chi connectivity index (χ3n) is 4.84. The molecular weight excluding hydrogens is 506 g/mol. The molecule has 27 heavy (non-hydrogen) atoms. The first-order chi connectivity index (χ1) is 12.7. The Labute approximate surface area is 174 Å². The Kier molecular flexibility index (Phi) is 5.70. The van der Waals surface area contributed by atoms with E-state index in [2.05, 4.69) is 81.1 Å². The minimum Gasteiger partial charge on any atom is -0.304 e. The molecule has 0 aliphatic carbocycles. The van der Waals surface area contributed by atoms with Crippen molar-refractivity contribution in [3.05, 3.63) is 96.2 Å². The normalized spacial score (nSPS) is 10.4. The molecular formula is C25H20IrN-. The van der Waals surface area contributed by atoms with E-state index in [9.17, 15) is 0 Å². The summed E-state index contributed by atoms with van der Waals surface area (Å²) in [4.78, 5) is 4.69. The second-order valence-corrected chi connectivity index (χ2v) is 6.57. The molecule has 2 heteroatoms. The summed E-state index contributed by atoms with van der Waals surface area (Å²) < 4.78 is 0. The largest absolute Gasteiger partial charge is 0.304 e. The third kappa shape index (κ3) is 3.64. The van der Waals surface area contributed by atoms with E-state index in [0.717, 1.165) is 27.8 Å². The van der Waals surface area contributed by atoms with Crippen LogP contribution in [0.15, 0.2) is 73.4 Å². The van der Waals surface area contributed by atoms with Crippen LogP contribution in [0.1, 0.15) is 16.7 Å². The predicted molar refractivity (Wildman–Crippen MR) is 111 cm³/mol. The number of pyridine rings is 1. The van der Waals surface area contributed by atoms with Gasteiger partial charge < -0.3 is 4.98 Å². The molecule has 0 N–H and O–H groups in total. The summed E-state index contributed by atoms with van der Waals surface area (Å²) in [6.45, 7) is 8.14. The first kappa shape index (κ1) is 19.2. The number of hydrogen-bond donors (Lipinski definition) is 0. The van der Waals surface area contributed by atoms with Crippen molar-refractivity contribution < 1.29 is 20.1 Å². The summed E-state index contributed by atoms with van der Waals surface area (Å²) in [5.74, 6) is 0. The summed E-state index contributed by atoms with van der Waals surface area (Å²) in [5, 5.41) is 2.36. The summed E-state index contributed by atoms with van der Waals surface area (Å²) in [7, 11) is 0. The van der Waals surface area contributed by atoms with Crippen molar-refractivity contribution in [2.45, 2.75) is 13.8 Å². The zero-order valence-electron chi connectivity index (χ0n) is 15.4. The maximum atomic E-state index is 4.69. The molecule has 0 saturated carbocycles. The van der Waals surface area contributed by atoms with Crippen LogP contribution in [-0.2, 0) is 20.1 Å². The fraction of sp³-hybridized carbons (Fsp3) is 0.0800. The maximum absolute atomic E-state index is 4.69. The molecule has 1 radical (unpaired) electrons. The summed E-state index contributed by atoms with van der Waals surface area (Å²) in [5.41, 5.74) is 7.90. The standard InChI is InChI=1S/C25H20N.Ir/c1-4-19-10-11-24-23(18(19)3)12-13-26-25(24)22-15-17(2)14-21(16-22)20-8-6-5-7-9-20;/h4-14,16H,1H2,2-3H3;/q-1;. The zero-order valence-corrected chi connectivity index (χ0v) is 17.8. The Bertz CT molecular complexity index is 1110. The van der Waals surface area contributed by atoms with Crippen molar-refractivity contribution in [2.75, 3.05) is 0 Å². The zero-order chi connectivity index (χ0) is 18.1. The van der Waals surface area contributed by atoms with Crippen molar-refractivity contribution >= 4 is 16.8 Å². The van der Waals surface area contributed by atoms with Crippen LogP contribution in [0.3, 0.4) is 0 Å². The van der Waals surface area contributed by atoms with Crippen LogP contribution in [0.4, 0.5) is 0 Å². The second-order valence-electron chi connectivity index (χ2n) is 6.57. The number of nitrogens with zero attached hydrogens (tertiary/aromatic N) is 1. The van der Waals surface area contributed by atoms with E-state index in [0.29, 0.717) is 0 Å². The molecule has 1 nitrogen and oxygen atoms in total. The molecule has 0 fully saturated rings. The average Bonchev–Trinajstić information content (AvgIpc) is 2.68. The van der Waals surface area contributed by atoms with Gasteiger partial charge in [0.25, 0.3) is 0 Å². The Morgan fingerprint density at radius 2 is 1.67 bits per heavy atom. The van der Waals surface area contributed by atoms with Gasteiger partial charge in [0.05, 0.1) is 0 Å². The molecule has 3 aromatic carbocycles. The molecule has 1 heterocycles. The molecule has 0 unspecified atom stereocenters. The Balaban J connectivity index is 0.00000210. The van der Waals surface area contributed by atoms with Gasteiger partial charge in [-0.3, -0.25) is 0 Å². The van der Waals surface area contributed by atoms with Gasteiger partial charge in [-0.05, 0) is 46.1 Å². The maximum Gasteiger partial charge on any atom is 0.0167 e. The van der Waals surface area contributed by atoms with E-state index >= 15 is 0 Å². The molecule has 135 valence electrons. The third-order valence-corrected chi connectivity index (χ3v) is 4.84. The van der Waals surface area contributed by atoms with E-state index in [1.54, 1.807) is 0 Å². The number of fused-ring (bicyclic) bond motifs is 1. The van der Waals surface area contributed by atoms with Crippen LogP contribution in [0.25, 0.3) is 39.2 Å². The summed E-state index contributed by atoms with van der Waals surface area (Å²) in [6, 6.07) is 24.6. The molecule has 0 amide bonds. The van der Waals surface area contributed by atoms with Crippen molar-refractivity contribution in [3.8, 4) is 22.4 Å². The van der Waals surface area contributed by atoms with Crippen molar-refractivity contribution in [3.63, 3.8) is 0 Å². The SMILES string of the molecule is C=Cc1ccc2c(-c3[c-]c(C)cc(-c4ccccc4)c3)nccc2c1C.[Ir]. The monoisotopic (exact) mass is 527 g/mol. The molecule has 0 spiro atoms. The van der Waals surface area contributed by atoms with E-state index < -0.39 is 0 Å². The van der Waals surface area contributed by atoms with Crippen molar-refractivity contribution in [1.82, 2.24) is 4.98 Å². The fourth-order valence-electron chi connectivity index (χ4n) is 3.50. The van der Waals surface area contributed by atoms with Gasteiger partial charge in [0.2, 0.25) is 0 Å². The van der Waals surface area contributed by atoms with Gasteiger partial charge in [-0.1, -0.05) is 62.0 Å². The minimum absolute atomic E-state index is 0. The quantitative estimate of drug-likeness (QED) is 0.273. The van der Waals surface area contributed by atoms with Gasteiger partial charge in [-0.15, -0.1) is 34.9 Å². The van der Waals surface area contributed by atoms with Gasteiger partial charge in [0.15, 0.2) is 0 Å². The van der Waals surface area contributed by atoms with Crippen LogP contribution in [0.5, 0.6) is 0 Å². The van der Waals surface area contributed by atoms with Gasteiger partial charge >= 0.3 is 0 Å². The van der Waals surface area contributed by atoms with Crippen LogP contribution in [0.2, 0.25) is 0 Å². The molecule has 0 bridgehead atoms. The van der Waals surface area contributed by atoms with Crippen LogP contribution in [-0.4, -0.2) is 4.98 Å². The number of benzene rings is 3. The van der Waals surface area contributed by atoms with Crippen molar-refractivity contribution in [2.24, 2.45) is 0 Å². The van der Waals surface area contributed by atoms with Gasteiger partial charge in [-0.2, -0.15) is 0 Å². The summed E-state index contributed by atoms with van der Waals surface area (Å²) in [6.07, 6.45) is 3.79. The van der Waals surface area contributed by atoms with Crippen LogP contribution in [0, 0.1) is 19.9 Å². The number of hydrogen-bond acceptors (Lipinski definition) is 1. The second kappa shape index (κ2) is 8.00.